The molecule has 1 N–H and O–H groups in total. The van der Waals surface area contributed by atoms with Gasteiger partial charge in [-0.25, -0.2) is 0 Å². The van der Waals surface area contributed by atoms with Gasteiger partial charge in [-0.2, -0.15) is 0 Å². The molecule has 0 aliphatic heterocycles. The van der Waals surface area contributed by atoms with Gasteiger partial charge in [-0.15, -0.1) is 0 Å². The van der Waals surface area contributed by atoms with Crippen molar-refractivity contribution in [1.29, 1.82) is 0 Å². The Hall–Kier alpha value is -0.150. The van der Waals surface area contributed by atoms with Gasteiger partial charge in [0, 0.05) is 6.42 Å². The van der Waals surface area contributed by atoms with Gasteiger partial charge in [-0.1, -0.05) is 90.2 Å². The first-order chi connectivity index (χ1) is 14.3. The zero-order chi connectivity index (χ0) is 22.7. The van der Waals surface area contributed by atoms with Crippen molar-refractivity contribution in [3.8, 4) is 0 Å². The number of unbranched alkanes of at least 4 members (excludes halogenated alkanes) is 12. The van der Waals surface area contributed by atoms with Crippen LogP contribution in [0.15, 0.2) is 12.2 Å². The lowest BCUT2D eigenvalue weighted by atomic mass is 10.1. The highest BCUT2D eigenvalue weighted by molar-refractivity contribution is 7.53. The van der Waals surface area contributed by atoms with E-state index in [0.29, 0.717) is 17.5 Å². The van der Waals surface area contributed by atoms with Crippen LogP contribution in [-0.2, 0) is 9.09 Å². The lowest BCUT2D eigenvalue weighted by Gasteiger charge is -2.35. The van der Waals surface area contributed by atoms with Crippen LogP contribution in [0.5, 0.6) is 0 Å². The molecular formula is C25H53NO3P+. The number of nitrogens with zero attached hydrogens (tertiary/aromatic N) is 1. The van der Waals surface area contributed by atoms with Crippen LogP contribution in [0, 0.1) is 0 Å². The Kier molecular flexibility index (Phi) is 18.3. The molecule has 180 valence electrons. The molecule has 0 bridgehead atoms. The summed E-state index contributed by atoms with van der Waals surface area (Å²) in [5.74, 6) is -0.333. The minimum absolute atomic E-state index is 0.333. The Morgan fingerprint density at radius 3 is 1.70 bits per heavy atom. The zero-order valence-electron chi connectivity index (χ0n) is 20.9. The third kappa shape index (κ3) is 16.5. The number of allylic oxidation sites excluding steroid dienone is 2. The normalized spacial score (nSPS) is 15.5. The monoisotopic (exact) mass is 446 g/mol. The molecule has 0 saturated carbocycles. The summed E-state index contributed by atoms with van der Waals surface area (Å²) in [6.07, 6.45) is 24.0. The lowest BCUT2D eigenvalue weighted by Crippen LogP contribution is -2.45. The average molecular weight is 447 g/mol. The van der Waals surface area contributed by atoms with E-state index >= 15 is 0 Å². The zero-order valence-corrected chi connectivity index (χ0v) is 21.8. The maximum Gasteiger partial charge on any atom is 0.385 e. The summed E-state index contributed by atoms with van der Waals surface area (Å²) in [5.41, 5.74) is 0. The SMILES string of the molecule is CCC/C=C\CCCCCCCCCCCCCOP(=O)(O)C(CCC)[N+](C)(C)C. The minimum atomic E-state index is -3.56. The number of rotatable bonds is 21. The summed E-state index contributed by atoms with van der Waals surface area (Å²) in [6, 6.07) is 0. The molecule has 0 aromatic rings. The van der Waals surface area contributed by atoms with Gasteiger partial charge in [0.25, 0.3) is 0 Å². The Morgan fingerprint density at radius 2 is 1.23 bits per heavy atom. The molecule has 2 unspecified atom stereocenters. The first kappa shape index (κ1) is 29.9. The number of hydrogen-bond acceptors (Lipinski definition) is 2. The fourth-order valence-corrected chi connectivity index (χ4v) is 5.91. The van der Waals surface area contributed by atoms with Crippen LogP contribution < -0.4 is 0 Å². The van der Waals surface area contributed by atoms with Gasteiger partial charge >= 0.3 is 7.60 Å². The van der Waals surface area contributed by atoms with Crippen LogP contribution in [0.25, 0.3) is 0 Å². The van der Waals surface area contributed by atoms with Crippen molar-refractivity contribution in [3.05, 3.63) is 12.2 Å². The van der Waals surface area contributed by atoms with E-state index in [9.17, 15) is 9.46 Å². The van der Waals surface area contributed by atoms with Gasteiger partial charge in [0.1, 0.15) is 0 Å². The molecule has 0 rings (SSSR count). The number of quaternary nitrogens is 1. The molecule has 0 aliphatic rings. The van der Waals surface area contributed by atoms with E-state index in [4.69, 9.17) is 4.52 Å². The van der Waals surface area contributed by atoms with Gasteiger partial charge in [-0.3, -0.25) is 4.57 Å². The number of hydrogen-bond donors (Lipinski definition) is 1. The summed E-state index contributed by atoms with van der Waals surface area (Å²) in [5, 5.41) is 0. The highest BCUT2D eigenvalue weighted by atomic mass is 31.2. The van der Waals surface area contributed by atoms with Crippen LogP contribution in [0.3, 0.4) is 0 Å². The van der Waals surface area contributed by atoms with Crippen LogP contribution in [0.4, 0.5) is 0 Å². The molecule has 0 fully saturated rings. The first-order valence-electron chi connectivity index (χ1n) is 12.7. The molecule has 0 heterocycles. The topological polar surface area (TPSA) is 46.5 Å². The van der Waals surface area contributed by atoms with Crippen molar-refractivity contribution < 1.29 is 18.5 Å². The van der Waals surface area contributed by atoms with E-state index in [1.54, 1.807) is 0 Å². The summed E-state index contributed by atoms with van der Waals surface area (Å²) >= 11 is 0. The first-order valence-corrected chi connectivity index (χ1v) is 14.3. The fourth-order valence-electron chi connectivity index (χ4n) is 3.89. The molecule has 30 heavy (non-hydrogen) atoms. The predicted molar refractivity (Wildman–Crippen MR) is 132 cm³/mol. The van der Waals surface area contributed by atoms with Crippen molar-refractivity contribution in [1.82, 2.24) is 0 Å². The van der Waals surface area contributed by atoms with Crippen LogP contribution in [-0.4, -0.2) is 42.9 Å². The Balaban J connectivity index is 3.56. The standard InChI is InChI=1S/C25H52NO3P/c1-6-8-9-10-11-12-13-14-15-16-17-18-19-20-21-22-24-29-30(27,28)25(23-7-2)26(3,4)5/h9-10,25H,6-8,11-24H2,1-5H3/p+1/b10-9-. The van der Waals surface area contributed by atoms with Crippen molar-refractivity contribution >= 4 is 7.60 Å². The quantitative estimate of drug-likeness (QED) is 0.0839. The Bertz CT molecular complexity index is 460. The lowest BCUT2D eigenvalue weighted by molar-refractivity contribution is -0.883. The highest BCUT2D eigenvalue weighted by Gasteiger charge is 2.41. The fraction of sp³-hybridized carbons (Fsp3) is 0.920. The summed E-state index contributed by atoms with van der Waals surface area (Å²) in [4.78, 5) is 10.4. The molecule has 5 heteroatoms. The maximum absolute atomic E-state index is 12.6. The summed E-state index contributed by atoms with van der Waals surface area (Å²) in [7, 11) is 2.35. The molecule has 0 amide bonds. The van der Waals surface area contributed by atoms with Gasteiger partial charge in [0.05, 0.1) is 27.7 Å². The van der Waals surface area contributed by atoms with Crippen LogP contribution in [0.2, 0.25) is 0 Å². The molecule has 0 spiro atoms. The van der Waals surface area contributed by atoms with Crippen molar-refractivity contribution in [3.63, 3.8) is 0 Å². The summed E-state index contributed by atoms with van der Waals surface area (Å²) < 4.78 is 18.6. The van der Waals surface area contributed by atoms with Gasteiger partial charge in [0.15, 0.2) is 5.78 Å². The molecule has 4 nitrogen and oxygen atoms in total. The second-order valence-electron chi connectivity index (χ2n) is 9.72. The van der Waals surface area contributed by atoms with Gasteiger partial charge in [-0.05, 0) is 32.1 Å². The van der Waals surface area contributed by atoms with Crippen LogP contribution >= 0.6 is 7.60 Å². The van der Waals surface area contributed by atoms with Crippen molar-refractivity contribution in [2.45, 2.75) is 122 Å². The van der Waals surface area contributed by atoms with E-state index in [1.165, 1.54) is 77.0 Å². The Morgan fingerprint density at radius 1 is 0.767 bits per heavy atom. The third-order valence-electron chi connectivity index (χ3n) is 5.73. The van der Waals surface area contributed by atoms with E-state index in [0.717, 1.165) is 19.3 Å². The van der Waals surface area contributed by atoms with Crippen molar-refractivity contribution in [2.24, 2.45) is 0 Å². The van der Waals surface area contributed by atoms with E-state index in [1.807, 2.05) is 21.1 Å². The van der Waals surface area contributed by atoms with E-state index in [-0.39, 0.29) is 5.78 Å². The third-order valence-corrected chi connectivity index (χ3v) is 7.99. The van der Waals surface area contributed by atoms with E-state index in [2.05, 4.69) is 26.0 Å². The van der Waals surface area contributed by atoms with Crippen molar-refractivity contribution in [2.75, 3.05) is 27.7 Å². The second-order valence-corrected chi connectivity index (χ2v) is 11.7. The Labute approximate surface area is 188 Å². The second kappa shape index (κ2) is 18.4. The summed E-state index contributed by atoms with van der Waals surface area (Å²) in [6.45, 7) is 4.68. The van der Waals surface area contributed by atoms with E-state index < -0.39 is 7.60 Å². The minimum Gasteiger partial charge on any atom is -0.320 e. The highest BCUT2D eigenvalue weighted by Crippen LogP contribution is 2.51. The smallest absolute Gasteiger partial charge is 0.320 e. The molecule has 2 atom stereocenters. The largest absolute Gasteiger partial charge is 0.385 e. The molecule has 0 saturated heterocycles. The van der Waals surface area contributed by atoms with Gasteiger partial charge in [0.2, 0.25) is 0 Å². The molecule has 0 aromatic heterocycles. The van der Waals surface area contributed by atoms with Gasteiger partial charge < -0.3 is 13.9 Å². The molecule has 0 aliphatic carbocycles. The molecule has 0 aromatic carbocycles. The average Bonchev–Trinajstić information content (AvgIpc) is 2.67. The molecule has 0 radical (unpaired) electrons. The molecular weight excluding hydrogens is 393 g/mol. The maximum atomic E-state index is 12.6. The van der Waals surface area contributed by atoms with Crippen LogP contribution in [0.1, 0.15) is 117 Å². The predicted octanol–water partition coefficient (Wildman–Crippen LogP) is 8.06.